The van der Waals surface area contributed by atoms with Crippen LogP contribution in [0.15, 0.2) is 5.38 Å². The molecule has 2 aromatic rings. The maximum Gasteiger partial charge on any atom is 0.271 e. The molecule has 2 N–H and O–H groups in total. The summed E-state index contributed by atoms with van der Waals surface area (Å²) < 4.78 is 0. The lowest BCUT2D eigenvalue weighted by Crippen LogP contribution is -2.28. The molecule has 2 heterocycles. The van der Waals surface area contributed by atoms with Crippen molar-refractivity contribution in [1.29, 1.82) is 0 Å². The zero-order valence-corrected chi connectivity index (χ0v) is 13.6. The molecule has 2 aromatic heterocycles. The molecule has 0 aromatic carbocycles. The first-order valence-corrected chi connectivity index (χ1v) is 8.12. The second-order valence-corrected chi connectivity index (χ2v) is 6.51. The maximum atomic E-state index is 12.2. The third-order valence-corrected chi connectivity index (χ3v) is 5.05. The first-order valence-electron chi connectivity index (χ1n) is 6.43. The number of aromatic nitrogens is 2. The fourth-order valence-electron chi connectivity index (χ4n) is 1.71. The Balaban J connectivity index is 2.11. The van der Waals surface area contributed by atoms with Crippen molar-refractivity contribution in [3.05, 3.63) is 26.7 Å². The van der Waals surface area contributed by atoms with E-state index in [-0.39, 0.29) is 11.9 Å². The van der Waals surface area contributed by atoms with Gasteiger partial charge in [0.2, 0.25) is 0 Å². The SMILES string of the molecule is CC[C@H](NC(=O)c1csc(NC)n1)c1nc(C)c(C)s1. The van der Waals surface area contributed by atoms with E-state index in [1.807, 2.05) is 20.8 Å². The van der Waals surface area contributed by atoms with Crippen molar-refractivity contribution in [3.8, 4) is 0 Å². The molecule has 0 fully saturated rings. The second-order valence-electron chi connectivity index (χ2n) is 4.42. The third-order valence-electron chi connectivity index (χ3n) is 3.01. The van der Waals surface area contributed by atoms with E-state index in [1.165, 1.54) is 16.2 Å². The first-order chi connectivity index (χ1) is 9.55. The van der Waals surface area contributed by atoms with Gasteiger partial charge >= 0.3 is 0 Å². The van der Waals surface area contributed by atoms with E-state index in [0.717, 1.165) is 22.3 Å². The van der Waals surface area contributed by atoms with E-state index >= 15 is 0 Å². The second kappa shape index (κ2) is 6.32. The summed E-state index contributed by atoms with van der Waals surface area (Å²) in [6, 6.07) is -0.0559. The van der Waals surface area contributed by atoms with E-state index in [9.17, 15) is 4.79 Å². The summed E-state index contributed by atoms with van der Waals surface area (Å²) in [5.74, 6) is -0.153. The predicted octanol–water partition coefficient (Wildman–Crippen LogP) is 3.14. The molecule has 1 atom stereocenters. The van der Waals surface area contributed by atoms with Gasteiger partial charge in [0.25, 0.3) is 5.91 Å². The molecule has 1 amide bonds. The average Bonchev–Trinajstić information content (AvgIpc) is 3.03. The lowest BCUT2D eigenvalue weighted by atomic mass is 10.2. The molecule has 7 heteroatoms. The monoisotopic (exact) mass is 310 g/mol. The van der Waals surface area contributed by atoms with Crippen molar-refractivity contribution in [2.75, 3.05) is 12.4 Å². The fraction of sp³-hybridized carbons (Fsp3) is 0.462. The van der Waals surface area contributed by atoms with Gasteiger partial charge < -0.3 is 10.6 Å². The van der Waals surface area contributed by atoms with Gasteiger partial charge in [0.05, 0.1) is 11.7 Å². The van der Waals surface area contributed by atoms with Gasteiger partial charge in [-0.2, -0.15) is 0 Å². The number of thiazole rings is 2. The summed E-state index contributed by atoms with van der Waals surface area (Å²) in [7, 11) is 1.79. The summed E-state index contributed by atoms with van der Waals surface area (Å²) in [5, 5.41) is 9.39. The van der Waals surface area contributed by atoms with Crippen LogP contribution >= 0.6 is 22.7 Å². The van der Waals surface area contributed by atoms with Gasteiger partial charge in [0.15, 0.2) is 5.13 Å². The van der Waals surface area contributed by atoms with Crippen LogP contribution < -0.4 is 10.6 Å². The number of nitrogens with one attached hydrogen (secondary N) is 2. The summed E-state index contributed by atoms with van der Waals surface area (Å²) >= 11 is 3.06. The lowest BCUT2D eigenvalue weighted by molar-refractivity contribution is 0.0931. The third kappa shape index (κ3) is 3.16. The van der Waals surface area contributed by atoms with Crippen LogP contribution in [0.4, 0.5) is 5.13 Å². The minimum Gasteiger partial charge on any atom is -0.365 e. The normalized spacial score (nSPS) is 12.2. The molecule has 108 valence electrons. The van der Waals surface area contributed by atoms with E-state index < -0.39 is 0 Å². The summed E-state index contributed by atoms with van der Waals surface area (Å²) in [4.78, 5) is 22.1. The highest BCUT2D eigenvalue weighted by Gasteiger charge is 2.19. The van der Waals surface area contributed by atoms with Crippen LogP contribution in [-0.4, -0.2) is 22.9 Å². The molecule has 0 unspecified atom stereocenters. The summed E-state index contributed by atoms with van der Waals surface area (Å²) in [6.45, 7) is 6.07. The number of aryl methyl sites for hydroxylation is 2. The van der Waals surface area contributed by atoms with E-state index in [4.69, 9.17) is 0 Å². The summed E-state index contributed by atoms with van der Waals surface area (Å²) in [5.41, 5.74) is 1.48. The predicted molar refractivity (Wildman–Crippen MR) is 83.7 cm³/mol. The highest BCUT2D eigenvalue weighted by molar-refractivity contribution is 7.13. The molecule has 0 bridgehead atoms. The van der Waals surface area contributed by atoms with Crippen molar-refractivity contribution >= 4 is 33.7 Å². The Morgan fingerprint density at radius 3 is 2.65 bits per heavy atom. The molecule has 0 spiro atoms. The van der Waals surface area contributed by atoms with Crippen LogP contribution in [0.5, 0.6) is 0 Å². The van der Waals surface area contributed by atoms with Crippen LogP contribution in [0.2, 0.25) is 0 Å². The van der Waals surface area contributed by atoms with E-state index in [1.54, 1.807) is 23.8 Å². The number of anilines is 1. The van der Waals surface area contributed by atoms with Gasteiger partial charge in [-0.3, -0.25) is 4.79 Å². The lowest BCUT2D eigenvalue weighted by Gasteiger charge is -2.13. The van der Waals surface area contributed by atoms with Crippen LogP contribution in [0.1, 0.15) is 45.5 Å². The number of amides is 1. The van der Waals surface area contributed by atoms with Crippen LogP contribution in [0.25, 0.3) is 0 Å². The van der Waals surface area contributed by atoms with Gasteiger partial charge in [-0.15, -0.1) is 22.7 Å². The van der Waals surface area contributed by atoms with Crippen molar-refractivity contribution in [2.24, 2.45) is 0 Å². The Kier molecular flexibility index (Phi) is 4.72. The van der Waals surface area contributed by atoms with Crippen molar-refractivity contribution in [2.45, 2.75) is 33.2 Å². The molecule has 2 rings (SSSR count). The molecule has 0 aliphatic rings. The number of hydrogen-bond donors (Lipinski definition) is 2. The number of carbonyl (C=O) groups is 1. The van der Waals surface area contributed by atoms with Crippen LogP contribution in [0, 0.1) is 13.8 Å². The Morgan fingerprint density at radius 1 is 1.40 bits per heavy atom. The molecule has 20 heavy (non-hydrogen) atoms. The molecule has 0 radical (unpaired) electrons. The Hall–Kier alpha value is -1.47. The number of carbonyl (C=O) groups excluding carboxylic acids is 1. The van der Waals surface area contributed by atoms with Gasteiger partial charge in [-0.1, -0.05) is 6.92 Å². The molecule has 0 aliphatic heterocycles. The van der Waals surface area contributed by atoms with Crippen LogP contribution in [0.3, 0.4) is 0 Å². The highest BCUT2D eigenvalue weighted by atomic mass is 32.1. The topological polar surface area (TPSA) is 66.9 Å². The molecular formula is C13H18N4OS2. The van der Waals surface area contributed by atoms with E-state index in [2.05, 4.69) is 20.6 Å². The van der Waals surface area contributed by atoms with Gasteiger partial charge in [-0.05, 0) is 20.3 Å². The van der Waals surface area contributed by atoms with Crippen molar-refractivity contribution in [3.63, 3.8) is 0 Å². The zero-order valence-electron chi connectivity index (χ0n) is 12.0. The molecule has 0 aliphatic carbocycles. The zero-order chi connectivity index (χ0) is 14.7. The number of rotatable bonds is 5. The van der Waals surface area contributed by atoms with Gasteiger partial charge in [-0.25, -0.2) is 9.97 Å². The minimum atomic E-state index is -0.153. The van der Waals surface area contributed by atoms with Gasteiger partial charge in [0, 0.05) is 17.3 Å². The van der Waals surface area contributed by atoms with E-state index in [0.29, 0.717) is 5.69 Å². The first kappa shape index (κ1) is 14.9. The van der Waals surface area contributed by atoms with Gasteiger partial charge in [0.1, 0.15) is 10.7 Å². The van der Waals surface area contributed by atoms with Crippen LogP contribution in [-0.2, 0) is 0 Å². The molecule has 5 nitrogen and oxygen atoms in total. The Labute approximate surface area is 126 Å². The minimum absolute atomic E-state index is 0.0559. The molecular weight excluding hydrogens is 292 g/mol. The average molecular weight is 310 g/mol. The molecule has 0 saturated heterocycles. The smallest absolute Gasteiger partial charge is 0.271 e. The number of hydrogen-bond acceptors (Lipinski definition) is 6. The maximum absolute atomic E-state index is 12.2. The fourth-order valence-corrected chi connectivity index (χ4v) is 3.42. The largest absolute Gasteiger partial charge is 0.365 e. The Morgan fingerprint density at radius 2 is 2.15 bits per heavy atom. The standard InChI is InChI=1S/C13H18N4OS2/c1-5-9(12-15-7(2)8(3)20-12)16-11(18)10-6-19-13(14-4)17-10/h6,9H,5H2,1-4H3,(H,14,17)(H,16,18)/t9-/m0/s1. The highest BCUT2D eigenvalue weighted by Crippen LogP contribution is 2.25. The molecule has 0 saturated carbocycles. The number of nitrogens with zero attached hydrogens (tertiary/aromatic N) is 2. The summed E-state index contributed by atoms with van der Waals surface area (Å²) in [6.07, 6.45) is 0.807. The van der Waals surface area contributed by atoms with Crippen molar-refractivity contribution in [1.82, 2.24) is 15.3 Å². The Bertz CT molecular complexity index is 586. The quantitative estimate of drug-likeness (QED) is 0.890. The van der Waals surface area contributed by atoms with Crippen molar-refractivity contribution < 1.29 is 4.79 Å².